The molecule has 0 radical (unpaired) electrons. The number of nitrogens with one attached hydrogen (secondary N) is 1. The number of carbonyl (C=O) groups is 2. The van der Waals surface area contributed by atoms with Crippen LogP contribution in [-0.4, -0.2) is 50.1 Å². The maximum absolute atomic E-state index is 12.9. The lowest BCUT2D eigenvalue weighted by Gasteiger charge is -2.35. The first-order valence-electron chi connectivity index (χ1n) is 7.40. The van der Waals surface area contributed by atoms with Gasteiger partial charge in [0.1, 0.15) is 5.69 Å². The van der Waals surface area contributed by atoms with E-state index in [1.807, 2.05) is 0 Å². The Morgan fingerprint density at radius 3 is 2.78 bits per heavy atom. The Hall–Kier alpha value is -2.77. The Labute approximate surface area is 133 Å². The van der Waals surface area contributed by atoms with E-state index in [1.54, 1.807) is 48.3 Å². The number of hydrogen-bond donors (Lipinski definition) is 1. The second-order valence-corrected chi connectivity index (χ2v) is 5.47. The number of amides is 2. The fourth-order valence-electron chi connectivity index (χ4n) is 3.10. The molecule has 0 unspecified atom stereocenters. The predicted molar refractivity (Wildman–Crippen MR) is 81.3 cm³/mol. The number of likely N-dealkylation sites (tertiary alicyclic amines) is 1. The Morgan fingerprint density at radius 1 is 1.35 bits per heavy atom. The summed E-state index contributed by atoms with van der Waals surface area (Å²) < 4.78 is 1.56. The predicted octanol–water partition coefficient (Wildman–Crippen LogP) is 0.0876. The summed E-state index contributed by atoms with van der Waals surface area (Å²) in [7, 11) is 3.30. The fraction of sp³-hybridized carbons (Fsp3) is 0.400. The van der Waals surface area contributed by atoms with E-state index in [4.69, 9.17) is 0 Å². The largest absolute Gasteiger partial charge is 0.357 e. The number of rotatable bonds is 3. The van der Waals surface area contributed by atoms with E-state index in [-0.39, 0.29) is 11.8 Å². The molecule has 8 nitrogen and oxygen atoms in total. The van der Waals surface area contributed by atoms with Crippen molar-refractivity contribution in [2.24, 2.45) is 7.05 Å². The quantitative estimate of drug-likeness (QED) is 0.866. The molecule has 3 rings (SSSR count). The zero-order valence-corrected chi connectivity index (χ0v) is 13.1. The van der Waals surface area contributed by atoms with Crippen LogP contribution in [0.25, 0.3) is 0 Å². The maximum Gasteiger partial charge on any atom is 0.275 e. The Morgan fingerprint density at radius 2 is 2.17 bits per heavy atom. The topological polar surface area (TPSA) is 93.0 Å². The molecule has 0 saturated carbocycles. The summed E-state index contributed by atoms with van der Waals surface area (Å²) in [5, 5.41) is 6.82. The lowest BCUT2D eigenvalue weighted by atomic mass is 9.90. The number of aromatic nitrogens is 4. The summed E-state index contributed by atoms with van der Waals surface area (Å²) in [5.74, 6) is -0.544. The maximum atomic E-state index is 12.9. The van der Waals surface area contributed by atoms with Crippen molar-refractivity contribution >= 4 is 11.8 Å². The molecule has 0 aromatic carbocycles. The minimum Gasteiger partial charge on any atom is -0.357 e. The zero-order chi connectivity index (χ0) is 16.4. The Kier molecular flexibility index (Phi) is 3.81. The molecule has 2 aromatic heterocycles. The van der Waals surface area contributed by atoms with Gasteiger partial charge in [0.25, 0.3) is 11.8 Å². The van der Waals surface area contributed by atoms with E-state index >= 15 is 0 Å². The van der Waals surface area contributed by atoms with E-state index in [0.29, 0.717) is 30.8 Å². The SMILES string of the molecule is CNC(=O)[C@@]1(c2cnccn2)CCCN1C(=O)c1ccn(C)n1. The van der Waals surface area contributed by atoms with Crippen molar-refractivity contribution in [3.05, 3.63) is 42.2 Å². The minimum absolute atomic E-state index is 0.264. The van der Waals surface area contributed by atoms with Gasteiger partial charge in [-0.05, 0) is 18.9 Å². The van der Waals surface area contributed by atoms with Crippen LogP contribution in [0.5, 0.6) is 0 Å². The Balaban J connectivity index is 2.07. The average molecular weight is 314 g/mol. The summed E-state index contributed by atoms with van der Waals surface area (Å²) in [6.45, 7) is 0.472. The molecule has 1 saturated heterocycles. The normalized spacial score (nSPS) is 20.5. The second kappa shape index (κ2) is 5.79. The summed E-state index contributed by atoms with van der Waals surface area (Å²) >= 11 is 0. The first kappa shape index (κ1) is 15.1. The van der Waals surface area contributed by atoms with Crippen molar-refractivity contribution in [2.75, 3.05) is 13.6 Å². The van der Waals surface area contributed by atoms with Crippen molar-refractivity contribution < 1.29 is 9.59 Å². The summed E-state index contributed by atoms with van der Waals surface area (Å²) in [6.07, 6.45) is 7.53. The zero-order valence-electron chi connectivity index (χ0n) is 13.1. The minimum atomic E-state index is -1.14. The van der Waals surface area contributed by atoms with Gasteiger partial charge in [-0.3, -0.25) is 24.2 Å². The first-order chi connectivity index (χ1) is 11.1. The van der Waals surface area contributed by atoms with Crippen LogP contribution in [0.2, 0.25) is 0 Å². The molecule has 2 aromatic rings. The highest BCUT2D eigenvalue weighted by atomic mass is 16.2. The molecule has 8 heteroatoms. The molecule has 1 aliphatic rings. The van der Waals surface area contributed by atoms with Crippen LogP contribution in [0.1, 0.15) is 29.0 Å². The molecule has 0 aliphatic carbocycles. The van der Waals surface area contributed by atoms with Crippen molar-refractivity contribution in [2.45, 2.75) is 18.4 Å². The number of aryl methyl sites for hydroxylation is 1. The van der Waals surface area contributed by atoms with E-state index < -0.39 is 5.54 Å². The number of carbonyl (C=O) groups excluding carboxylic acids is 2. The number of hydrogen-bond acceptors (Lipinski definition) is 5. The molecular formula is C15H18N6O2. The van der Waals surface area contributed by atoms with E-state index in [9.17, 15) is 9.59 Å². The van der Waals surface area contributed by atoms with Gasteiger partial charge >= 0.3 is 0 Å². The van der Waals surface area contributed by atoms with Crippen LogP contribution >= 0.6 is 0 Å². The lowest BCUT2D eigenvalue weighted by Crippen LogP contribution is -2.55. The summed E-state index contributed by atoms with van der Waals surface area (Å²) in [5.41, 5.74) is -0.356. The van der Waals surface area contributed by atoms with E-state index in [2.05, 4.69) is 20.4 Å². The molecule has 1 fully saturated rings. The molecule has 0 bridgehead atoms. The summed E-state index contributed by atoms with van der Waals surface area (Å²) in [4.78, 5) is 35.5. The Bertz CT molecular complexity index is 729. The van der Waals surface area contributed by atoms with Crippen LogP contribution < -0.4 is 5.32 Å². The van der Waals surface area contributed by atoms with Crippen LogP contribution in [-0.2, 0) is 17.4 Å². The number of likely N-dealkylation sites (N-methyl/N-ethyl adjacent to an activating group) is 1. The van der Waals surface area contributed by atoms with Crippen molar-refractivity contribution in [3.63, 3.8) is 0 Å². The van der Waals surface area contributed by atoms with Gasteiger partial charge in [0.15, 0.2) is 5.54 Å². The first-order valence-corrected chi connectivity index (χ1v) is 7.40. The molecule has 3 heterocycles. The van der Waals surface area contributed by atoms with E-state index in [1.165, 1.54) is 6.20 Å². The van der Waals surface area contributed by atoms with E-state index in [0.717, 1.165) is 0 Å². The van der Waals surface area contributed by atoms with Crippen LogP contribution in [0.4, 0.5) is 0 Å². The molecule has 0 spiro atoms. The van der Waals surface area contributed by atoms with Crippen LogP contribution in [0.15, 0.2) is 30.9 Å². The van der Waals surface area contributed by atoms with Crippen molar-refractivity contribution in [3.8, 4) is 0 Å². The van der Waals surface area contributed by atoms with Crippen LogP contribution in [0.3, 0.4) is 0 Å². The van der Waals surface area contributed by atoms with Gasteiger partial charge in [-0.2, -0.15) is 5.10 Å². The standard InChI is InChI=1S/C15H18N6O2/c1-16-14(23)15(12-10-17-6-7-18-12)5-3-8-21(15)13(22)11-4-9-20(2)19-11/h4,6-7,9-10H,3,5,8H2,1-2H3,(H,16,23)/t15-/m0/s1. The van der Waals surface area contributed by atoms with Gasteiger partial charge in [-0.15, -0.1) is 0 Å². The highest BCUT2D eigenvalue weighted by molar-refractivity contribution is 5.98. The smallest absolute Gasteiger partial charge is 0.275 e. The number of nitrogens with zero attached hydrogens (tertiary/aromatic N) is 5. The monoisotopic (exact) mass is 314 g/mol. The van der Waals surface area contributed by atoms with Gasteiger partial charge in [0, 0.05) is 39.2 Å². The molecule has 2 amide bonds. The van der Waals surface area contributed by atoms with Crippen LogP contribution in [0, 0.1) is 0 Å². The van der Waals surface area contributed by atoms with Gasteiger partial charge in [-0.25, -0.2) is 0 Å². The highest BCUT2D eigenvalue weighted by Crippen LogP contribution is 2.38. The molecule has 1 atom stereocenters. The summed E-state index contributed by atoms with van der Waals surface area (Å²) in [6, 6.07) is 1.64. The fourth-order valence-corrected chi connectivity index (χ4v) is 3.10. The molecule has 120 valence electrons. The molecule has 23 heavy (non-hydrogen) atoms. The third kappa shape index (κ3) is 2.36. The molecular weight excluding hydrogens is 296 g/mol. The van der Waals surface area contributed by atoms with Gasteiger partial charge in [0.2, 0.25) is 0 Å². The van der Waals surface area contributed by atoms with Gasteiger partial charge in [0.05, 0.1) is 11.9 Å². The van der Waals surface area contributed by atoms with Gasteiger partial charge in [-0.1, -0.05) is 0 Å². The third-order valence-electron chi connectivity index (χ3n) is 4.15. The average Bonchev–Trinajstić information content (AvgIpc) is 3.21. The lowest BCUT2D eigenvalue weighted by molar-refractivity contribution is -0.131. The third-order valence-corrected chi connectivity index (χ3v) is 4.15. The molecule has 1 N–H and O–H groups in total. The van der Waals surface area contributed by atoms with Gasteiger partial charge < -0.3 is 10.2 Å². The van der Waals surface area contributed by atoms with Crippen molar-refractivity contribution in [1.82, 2.24) is 30.0 Å². The molecule has 1 aliphatic heterocycles. The highest BCUT2D eigenvalue weighted by Gasteiger charge is 2.52. The second-order valence-electron chi connectivity index (χ2n) is 5.47. The van der Waals surface area contributed by atoms with Crippen molar-refractivity contribution in [1.29, 1.82) is 0 Å².